The van der Waals surface area contributed by atoms with Gasteiger partial charge in [-0.1, -0.05) is 12.1 Å². The molecule has 3 rings (SSSR count). The van der Waals surface area contributed by atoms with E-state index in [-0.39, 0.29) is 22.0 Å². The van der Waals surface area contributed by atoms with E-state index in [0.717, 1.165) is 12.1 Å². The summed E-state index contributed by atoms with van der Waals surface area (Å²) in [6.07, 6.45) is 0. The van der Waals surface area contributed by atoms with Gasteiger partial charge in [-0.15, -0.1) is 0 Å². The summed E-state index contributed by atoms with van der Waals surface area (Å²) in [5.74, 6) is -2.80. The number of nitrogens with one attached hydrogen (secondary N) is 1. The van der Waals surface area contributed by atoms with E-state index in [1.165, 1.54) is 18.2 Å². The van der Waals surface area contributed by atoms with Crippen LogP contribution in [0.5, 0.6) is 0 Å². The normalized spacial score (nSPS) is 10.8. The number of carboxylic acid groups (broad SMARTS) is 1. The summed E-state index contributed by atoms with van der Waals surface area (Å²) < 4.78 is 27.0. The van der Waals surface area contributed by atoms with Crippen LogP contribution < -0.4 is 5.56 Å². The number of aromatic amines is 1. The Kier molecular flexibility index (Phi) is 3.21. The number of benzene rings is 2. The molecule has 0 unspecified atom stereocenters. The molecule has 2 aromatic carbocycles. The lowest BCUT2D eigenvalue weighted by atomic mass is 9.98. The van der Waals surface area contributed by atoms with Gasteiger partial charge in [0.25, 0.3) is 5.56 Å². The molecule has 0 spiro atoms. The van der Waals surface area contributed by atoms with Crippen LogP contribution in [0, 0.1) is 11.6 Å². The first-order chi connectivity index (χ1) is 10.5. The zero-order valence-electron chi connectivity index (χ0n) is 11.1. The van der Waals surface area contributed by atoms with Gasteiger partial charge >= 0.3 is 5.97 Å². The van der Waals surface area contributed by atoms with Crippen molar-refractivity contribution in [1.29, 1.82) is 0 Å². The van der Waals surface area contributed by atoms with Crippen molar-refractivity contribution in [3.8, 4) is 11.1 Å². The lowest BCUT2D eigenvalue weighted by Gasteiger charge is -2.08. The first kappa shape index (κ1) is 13.9. The van der Waals surface area contributed by atoms with Gasteiger partial charge in [-0.2, -0.15) is 0 Å². The van der Waals surface area contributed by atoms with Crippen molar-refractivity contribution in [3.63, 3.8) is 0 Å². The number of halogens is 2. The van der Waals surface area contributed by atoms with Gasteiger partial charge < -0.3 is 10.1 Å². The molecule has 0 aliphatic heterocycles. The van der Waals surface area contributed by atoms with E-state index in [1.54, 1.807) is 12.1 Å². The van der Waals surface area contributed by atoms with E-state index in [2.05, 4.69) is 4.98 Å². The molecule has 0 bridgehead atoms. The average Bonchev–Trinajstić information content (AvgIpc) is 2.47. The highest BCUT2D eigenvalue weighted by Gasteiger charge is 2.14. The molecule has 4 nitrogen and oxygen atoms in total. The lowest BCUT2D eigenvalue weighted by Crippen LogP contribution is -2.13. The summed E-state index contributed by atoms with van der Waals surface area (Å²) in [5, 5.41) is 9.54. The van der Waals surface area contributed by atoms with E-state index in [0.29, 0.717) is 5.56 Å². The third-order valence-electron chi connectivity index (χ3n) is 3.34. The molecule has 0 saturated heterocycles. The minimum atomic E-state index is -1.30. The summed E-state index contributed by atoms with van der Waals surface area (Å²) >= 11 is 0. The number of rotatable bonds is 2. The highest BCUT2D eigenvalue weighted by atomic mass is 19.1. The van der Waals surface area contributed by atoms with Gasteiger partial charge in [0.15, 0.2) is 0 Å². The number of hydrogen-bond donors (Lipinski definition) is 2. The first-order valence-corrected chi connectivity index (χ1v) is 6.32. The van der Waals surface area contributed by atoms with Gasteiger partial charge in [0.05, 0.1) is 0 Å². The second kappa shape index (κ2) is 5.07. The molecule has 22 heavy (non-hydrogen) atoms. The molecule has 0 radical (unpaired) electrons. The molecular weight excluding hydrogens is 292 g/mol. The topological polar surface area (TPSA) is 70.2 Å². The first-order valence-electron chi connectivity index (χ1n) is 6.32. The third kappa shape index (κ3) is 2.24. The maximum absolute atomic E-state index is 14.0. The number of hydrogen-bond acceptors (Lipinski definition) is 2. The molecule has 0 aliphatic carbocycles. The molecule has 0 saturated carbocycles. The summed E-state index contributed by atoms with van der Waals surface area (Å²) in [6.45, 7) is 0. The van der Waals surface area contributed by atoms with Crippen LogP contribution in [0.3, 0.4) is 0 Å². The summed E-state index contributed by atoms with van der Waals surface area (Å²) in [7, 11) is 0. The molecule has 0 aliphatic rings. The number of carboxylic acids is 1. The molecule has 6 heteroatoms. The van der Waals surface area contributed by atoms with Gasteiger partial charge in [0, 0.05) is 17.0 Å². The fourth-order valence-electron chi connectivity index (χ4n) is 2.35. The predicted molar refractivity (Wildman–Crippen MR) is 76.9 cm³/mol. The van der Waals surface area contributed by atoms with Crippen LogP contribution >= 0.6 is 0 Å². The smallest absolute Gasteiger partial charge is 0.352 e. The quantitative estimate of drug-likeness (QED) is 0.763. The maximum atomic E-state index is 14.0. The Morgan fingerprint density at radius 3 is 2.45 bits per heavy atom. The standard InChI is InChI=1S/C16H9F2NO3/c17-8-4-5-10(13(18)6-8)9-2-1-3-11-12(9)7-14(16(21)22)19-15(11)20/h1-7H,(H,19,20)(H,21,22). The minimum absolute atomic E-state index is 0.0916. The largest absolute Gasteiger partial charge is 0.477 e. The number of aromatic carboxylic acids is 1. The van der Waals surface area contributed by atoms with E-state index in [1.807, 2.05) is 0 Å². The Morgan fingerprint density at radius 1 is 1.00 bits per heavy atom. The zero-order chi connectivity index (χ0) is 15.9. The van der Waals surface area contributed by atoms with Gasteiger partial charge in [-0.3, -0.25) is 4.79 Å². The van der Waals surface area contributed by atoms with Crippen LogP contribution in [-0.2, 0) is 0 Å². The molecule has 1 heterocycles. The SMILES string of the molecule is O=C(O)c1cc2c(-c3ccc(F)cc3F)cccc2c(=O)[nH]1. The Balaban J connectivity index is 2.39. The number of H-pyrrole nitrogens is 1. The van der Waals surface area contributed by atoms with Crippen molar-refractivity contribution < 1.29 is 18.7 Å². The summed E-state index contributed by atoms with van der Waals surface area (Å²) in [6, 6.07) is 8.95. The zero-order valence-corrected chi connectivity index (χ0v) is 11.1. The Labute approximate surface area is 122 Å². The molecule has 0 fully saturated rings. The number of carbonyl (C=O) groups is 1. The lowest BCUT2D eigenvalue weighted by molar-refractivity contribution is 0.0690. The molecular formula is C16H9F2NO3. The number of pyridine rings is 1. The van der Waals surface area contributed by atoms with E-state index >= 15 is 0 Å². The Morgan fingerprint density at radius 2 is 1.77 bits per heavy atom. The number of fused-ring (bicyclic) bond motifs is 1. The van der Waals surface area contributed by atoms with Gasteiger partial charge in [-0.05, 0) is 35.2 Å². The van der Waals surface area contributed by atoms with Crippen LogP contribution in [0.15, 0.2) is 47.3 Å². The van der Waals surface area contributed by atoms with Gasteiger partial charge in [0.2, 0.25) is 0 Å². The van der Waals surface area contributed by atoms with Crippen LogP contribution in [0.2, 0.25) is 0 Å². The van der Waals surface area contributed by atoms with Crippen molar-refractivity contribution in [3.05, 3.63) is 70.1 Å². The Hall–Kier alpha value is -3.02. The molecule has 2 N–H and O–H groups in total. The molecule has 3 aromatic rings. The van der Waals surface area contributed by atoms with Crippen LogP contribution in [0.4, 0.5) is 8.78 Å². The van der Waals surface area contributed by atoms with E-state index in [4.69, 9.17) is 5.11 Å². The fourth-order valence-corrected chi connectivity index (χ4v) is 2.35. The van der Waals surface area contributed by atoms with E-state index in [9.17, 15) is 18.4 Å². The highest BCUT2D eigenvalue weighted by Crippen LogP contribution is 2.29. The third-order valence-corrected chi connectivity index (χ3v) is 3.34. The van der Waals surface area contributed by atoms with Gasteiger partial charge in [0.1, 0.15) is 17.3 Å². The summed E-state index contributed by atoms with van der Waals surface area (Å²) in [5.41, 5.74) is -0.468. The monoisotopic (exact) mass is 301 g/mol. The molecule has 110 valence electrons. The predicted octanol–water partition coefficient (Wildman–Crippen LogP) is 3.17. The molecule has 1 aromatic heterocycles. The molecule has 0 atom stereocenters. The fraction of sp³-hybridized carbons (Fsp3) is 0. The number of aromatic nitrogens is 1. The van der Waals surface area contributed by atoms with Crippen molar-refractivity contribution >= 4 is 16.7 Å². The van der Waals surface area contributed by atoms with Crippen molar-refractivity contribution in [2.45, 2.75) is 0 Å². The van der Waals surface area contributed by atoms with E-state index < -0.39 is 23.2 Å². The second-order valence-corrected chi connectivity index (χ2v) is 4.71. The van der Waals surface area contributed by atoms with Crippen molar-refractivity contribution in [2.75, 3.05) is 0 Å². The minimum Gasteiger partial charge on any atom is -0.477 e. The van der Waals surface area contributed by atoms with Crippen molar-refractivity contribution in [2.24, 2.45) is 0 Å². The van der Waals surface area contributed by atoms with Gasteiger partial charge in [-0.25, -0.2) is 13.6 Å². The van der Waals surface area contributed by atoms with Crippen molar-refractivity contribution in [1.82, 2.24) is 4.98 Å². The Bertz CT molecular complexity index is 963. The molecule has 0 amide bonds. The van der Waals surface area contributed by atoms with Crippen LogP contribution in [0.1, 0.15) is 10.5 Å². The maximum Gasteiger partial charge on any atom is 0.352 e. The summed E-state index contributed by atoms with van der Waals surface area (Å²) in [4.78, 5) is 25.3. The van der Waals surface area contributed by atoms with Crippen LogP contribution in [0.25, 0.3) is 21.9 Å². The van der Waals surface area contributed by atoms with Crippen LogP contribution in [-0.4, -0.2) is 16.1 Å². The average molecular weight is 301 g/mol. The highest BCUT2D eigenvalue weighted by molar-refractivity contribution is 5.99. The second-order valence-electron chi connectivity index (χ2n) is 4.71.